The molecule has 0 fully saturated rings. The van der Waals surface area contributed by atoms with Gasteiger partial charge in [-0.05, 0) is 79.3 Å². The summed E-state index contributed by atoms with van der Waals surface area (Å²) in [6.45, 7) is -2.65. The number of hydrogen-bond acceptors (Lipinski definition) is 0. The molecule has 0 saturated carbocycles. The van der Waals surface area contributed by atoms with Crippen molar-refractivity contribution in [2.24, 2.45) is 7.05 Å². The average molecular weight is 460 g/mol. The van der Waals surface area contributed by atoms with Gasteiger partial charge in [0.1, 0.15) is 7.05 Å². The summed E-state index contributed by atoms with van der Waals surface area (Å²) in [5.74, 6) is 0. The summed E-state index contributed by atoms with van der Waals surface area (Å²) in [6.07, 6.45) is 1.61. The SMILES string of the molecule is [2H]C([2H])([2H])c1ccc(-c2cc(-c3ccc4c5ccccc5n(-c5ccccc5)c4c3)c(C([2H])([2H])[2H])cc2C)[n+](C)c1. The molecule has 0 aliphatic heterocycles. The molecule has 4 aromatic carbocycles. The topological polar surface area (TPSA) is 8.81 Å². The Bertz CT molecular complexity index is 1930. The van der Waals surface area contributed by atoms with Crippen molar-refractivity contribution < 1.29 is 12.8 Å². The molecule has 2 heteroatoms. The van der Waals surface area contributed by atoms with Crippen LogP contribution >= 0.6 is 0 Å². The van der Waals surface area contributed by atoms with E-state index in [-0.39, 0.29) is 11.1 Å². The van der Waals surface area contributed by atoms with Gasteiger partial charge in [-0.3, -0.25) is 0 Å². The molecule has 170 valence electrons. The van der Waals surface area contributed by atoms with Crippen LogP contribution in [0.25, 0.3) is 49.9 Å². The Morgan fingerprint density at radius 1 is 0.686 bits per heavy atom. The van der Waals surface area contributed by atoms with Crippen molar-refractivity contribution >= 4 is 21.8 Å². The van der Waals surface area contributed by atoms with Crippen molar-refractivity contribution in [3.05, 3.63) is 120 Å². The van der Waals surface area contributed by atoms with Crippen LogP contribution in [0.5, 0.6) is 0 Å². The minimum atomic E-state index is -2.33. The Labute approximate surface area is 215 Å². The molecule has 35 heavy (non-hydrogen) atoms. The minimum absolute atomic E-state index is 0.250. The lowest BCUT2D eigenvalue weighted by molar-refractivity contribution is -0.660. The number of benzene rings is 4. The number of hydrogen-bond donors (Lipinski definition) is 0. The van der Waals surface area contributed by atoms with Crippen LogP contribution in [0.2, 0.25) is 0 Å². The number of rotatable bonds is 3. The molecule has 0 radical (unpaired) electrons. The van der Waals surface area contributed by atoms with Gasteiger partial charge in [0.05, 0.1) is 11.0 Å². The molecular formula is C33H29N2+. The first-order valence-corrected chi connectivity index (χ1v) is 11.7. The Morgan fingerprint density at radius 2 is 1.49 bits per heavy atom. The van der Waals surface area contributed by atoms with E-state index in [1.165, 1.54) is 0 Å². The molecule has 6 rings (SSSR count). The molecule has 2 heterocycles. The smallest absolute Gasteiger partial charge is 0.212 e. The third-order valence-electron chi connectivity index (χ3n) is 6.77. The zero-order valence-electron chi connectivity index (χ0n) is 25.7. The van der Waals surface area contributed by atoms with Gasteiger partial charge in [0.25, 0.3) is 0 Å². The van der Waals surface area contributed by atoms with E-state index in [2.05, 4.69) is 41.0 Å². The molecule has 2 aromatic heterocycles. The fourth-order valence-electron chi connectivity index (χ4n) is 5.10. The normalized spacial score (nSPS) is 14.7. The second-order valence-corrected chi connectivity index (χ2v) is 9.05. The molecule has 2 nitrogen and oxygen atoms in total. The Balaban J connectivity index is 1.62. The Morgan fingerprint density at radius 3 is 2.29 bits per heavy atom. The molecule has 0 aliphatic rings. The van der Waals surface area contributed by atoms with Crippen molar-refractivity contribution in [2.75, 3.05) is 0 Å². The zero-order chi connectivity index (χ0) is 29.1. The fourth-order valence-corrected chi connectivity index (χ4v) is 5.10. The number of aromatic nitrogens is 2. The van der Waals surface area contributed by atoms with Crippen LogP contribution < -0.4 is 4.57 Å². The zero-order valence-corrected chi connectivity index (χ0v) is 19.7. The Kier molecular flexibility index (Phi) is 3.69. The summed E-state index contributed by atoms with van der Waals surface area (Å²) in [4.78, 5) is 0. The maximum Gasteiger partial charge on any atom is 0.212 e. The standard InChI is InChI=1S/C33H29N2/c1-22-14-17-31(34(4)21-22)30-20-29(23(2)18-24(30)3)25-15-16-28-27-12-8-9-13-32(27)35(33(28)19-25)26-10-6-5-7-11-26/h5-21H,1-4H3/q+1/i1D3,2D3. The van der Waals surface area contributed by atoms with Crippen molar-refractivity contribution in [3.63, 3.8) is 0 Å². The van der Waals surface area contributed by atoms with Crippen molar-refractivity contribution in [3.8, 4) is 28.1 Å². The van der Waals surface area contributed by atoms with Crippen molar-refractivity contribution in [1.29, 1.82) is 0 Å². The van der Waals surface area contributed by atoms with E-state index >= 15 is 0 Å². The number of nitrogens with zero attached hydrogens (tertiary/aromatic N) is 2. The second kappa shape index (κ2) is 8.25. The highest BCUT2D eigenvalue weighted by atomic mass is 15.0. The molecule has 0 aliphatic carbocycles. The van der Waals surface area contributed by atoms with E-state index in [0.29, 0.717) is 5.56 Å². The van der Waals surface area contributed by atoms with Gasteiger partial charge < -0.3 is 4.57 Å². The predicted molar refractivity (Wildman–Crippen MR) is 147 cm³/mol. The lowest BCUT2D eigenvalue weighted by atomic mass is 9.92. The van der Waals surface area contributed by atoms with Gasteiger partial charge in [0.2, 0.25) is 5.69 Å². The van der Waals surface area contributed by atoms with E-state index in [0.717, 1.165) is 49.9 Å². The van der Waals surface area contributed by atoms with Crippen LogP contribution in [-0.2, 0) is 7.05 Å². The van der Waals surface area contributed by atoms with E-state index in [1.807, 2.05) is 56.4 Å². The summed E-state index contributed by atoms with van der Waals surface area (Å²) in [7, 11) is 1.81. The van der Waals surface area contributed by atoms with Crippen LogP contribution in [-0.4, -0.2) is 4.57 Å². The summed E-state index contributed by atoms with van der Waals surface area (Å²) in [6, 6.07) is 31.6. The second-order valence-electron chi connectivity index (χ2n) is 9.05. The van der Waals surface area contributed by atoms with Crippen LogP contribution in [0.3, 0.4) is 0 Å². The molecular weight excluding hydrogens is 424 g/mol. The molecule has 0 unspecified atom stereocenters. The predicted octanol–water partition coefficient (Wildman–Crippen LogP) is 7.87. The van der Waals surface area contributed by atoms with Crippen molar-refractivity contribution in [2.45, 2.75) is 20.6 Å². The van der Waals surface area contributed by atoms with Gasteiger partial charge in [0.15, 0.2) is 6.20 Å². The van der Waals surface area contributed by atoms with Crippen LogP contribution in [0, 0.1) is 20.6 Å². The maximum atomic E-state index is 8.36. The van der Waals surface area contributed by atoms with E-state index < -0.39 is 13.7 Å². The van der Waals surface area contributed by atoms with Gasteiger partial charge in [0, 0.05) is 41.9 Å². The van der Waals surface area contributed by atoms with Crippen LogP contribution in [0.4, 0.5) is 0 Å². The Hall–Kier alpha value is -4.17. The van der Waals surface area contributed by atoms with Gasteiger partial charge in [-0.25, -0.2) is 4.57 Å². The van der Waals surface area contributed by atoms with Crippen molar-refractivity contribution in [1.82, 2.24) is 4.57 Å². The highest BCUT2D eigenvalue weighted by molar-refractivity contribution is 6.10. The number of fused-ring (bicyclic) bond motifs is 3. The molecule has 0 N–H and O–H groups in total. The molecule has 0 atom stereocenters. The molecule has 0 bridgehead atoms. The van der Waals surface area contributed by atoms with Crippen LogP contribution in [0.15, 0.2) is 103 Å². The first-order chi connectivity index (χ1) is 19.4. The first-order valence-electron chi connectivity index (χ1n) is 14.7. The monoisotopic (exact) mass is 459 g/mol. The highest BCUT2D eigenvalue weighted by Gasteiger charge is 2.17. The summed E-state index contributed by atoms with van der Waals surface area (Å²) >= 11 is 0. The number of para-hydroxylation sites is 2. The largest absolute Gasteiger partial charge is 0.309 e. The third kappa shape index (κ3) is 3.54. The van der Waals surface area contributed by atoms with Gasteiger partial charge in [-0.1, -0.05) is 54.6 Å². The average Bonchev–Trinajstić information content (AvgIpc) is 3.26. The molecule has 0 spiro atoms. The lowest BCUT2D eigenvalue weighted by Gasteiger charge is -2.13. The quantitative estimate of drug-likeness (QED) is 0.238. The number of pyridine rings is 1. The summed E-state index contributed by atoms with van der Waals surface area (Å²) in [5, 5.41) is 2.21. The highest BCUT2D eigenvalue weighted by Crippen LogP contribution is 2.37. The molecule has 0 amide bonds. The van der Waals surface area contributed by atoms with E-state index in [9.17, 15) is 0 Å². The maximum absolute atomic E-state index is 8.36. The number of aryl methyl sites for hydroxylation is 4. The lowest BCUT2D eigenvalue weighted by Crippen LogP contribution is -2.31. The van der Waals surface area contributed by atoms with E-state index in [1.54, 1.807) is 29.0 Å². The molecule has 6 aromatic rings. The summed E-state index contributed by atoms with van der Waals surface area (Å²) < 4.78 is 52.4. The summed E-state index contributed by atoms with van der Waals surface area (Å²) in [5.41, 5.74) is 7.49. The first kappa shape index (κ1) is 15.7. The van der Waals surface area contributed by atoms with E-state index in [4.69, 9.17) is 8.22 Å². The minimum Gasteiger partial charge on any atom is -0.309 e. The van der Waals surface area contributed by atoms with Crippen LogP contribution in [0.1, 0.15) is 24.9 Å². The van der Waals surface area contributed by atoms with Gasteiger partial charge in [-0.15, -0.1) is 0 Å². The molecule has 0 saturated heterocycles. The third-order valence-corrected chi connectivity index (χ3v) is 6.77. The van der Waals surface area contributed by atoms with Gasteiger partial charge in [-0.2, -0.15) is 0 Å². The fraction of sp³-hybridized carbons (Fsp3) is 0.121. The van der Waals surface area contributed by atoms with Gasteiger partial charge >= 0.3 is 0 Å².